The lowest BCUT2D eigenvalue weighted by Gasteiger charge is -2.25. The first kappa shape index (κ1) is 20.9. The van der Waals surface area contributed by atoms with Crippen LogP contribution in [0.5, 0.6) is 17.4 Å². The van der Waals surface area contributed by atoms with Crippen molar-refractivity contribution in [2.45, 2.75) is 12.8 Å². The zero-order valence-electron chi connectivity index (χ0n) is 16.7. The molecular weight excluding hydrogens is 439 g/mol. The number of nitrogens with zero attached hydrogens (tertiary/aromatic N) is 2. The van der Waals surface area contributed by atoms with Gasteiger partial charge in [0.25, 0.3) is 0 Å². The Hall–Kier alpha value is -3.34. The Bertz CT molecular complexity index is 1210. The zero-order chi connectivity index (χ0) is 22.1. The predicted molar refractivity (Wildman–Crippen MR) is 118 cm³/mol. The number of aromatic nitrogens is 2. The van der Waals surface area contributed by atoms with Gasteiger partial charge in [-0.3, -0.25) is 5.10 Å². The maximum absolute atomic E-state index is 9.86. The molecule has 0 saturated carbocycles. The molecule has 0 spiro atoms. The molecule has 3 N–H and O–H groups in total. The molecule has 3 aromatic rings. The van der Waals surface area contributed by atoms with E-state index in [1.807, 2.05) is 25.1 Å². The number of nitrogens with two attached hydrogens (primary N) is 1. The van der Waals surface area contributed by atoms with Gasteiger partial charge in [-0.2, -0.15) is 5.26 Å². The number of halogens is 2. The minimum absolute atomic E-state index is 0.0432. The van der Waals surface area contributed by atoms with Gasteiger partial charge in [0.15, 0.2) is 11.5 Å². The van der Waals surface area contributed by atoms with Gasteiger partial charge in [0.2, 0.25) is 11.8 Å². The van der Waals surface area contributed by atoms with Crippen molar-refractivity contribution < 1.29 is 14.2 Å². The van der Waals surface area contributed by atoms with Crippen molar-refractivity contribution in [2.24, 2.45) is 5.73 Å². The molecule has 1 aliphatic rings. The van der Waals surface area contributed by atoms with Crippen LogP contribution >= 0.6 is 23.2 Å². The van der Waals surface area contributed by atoms with E-state index >= 15 is 0 Å². The molecule has 9 heteroatoms. The van der Waals surface area contributed by atoms with Crippen LogP contribution in [0.1, 0.15) is 24.0 Å². The first-order chi connectivity index (χ1) is 15.0. The van der Waals surface area contributed by atoms with Crippen molar-refractivity contribution in [2.75, 3.05) is 13.7 Å². The highest BCUT2D eigenvalue weighted by Gasteiger charge is 2.37. The molecule has 1 atom stereocenters. The molecular formula is C22H18Cl2N4O3. The SMILES string of the molecule is CCOc1ccc(-c2[nH]nc3c2C(c2c(Cl)cccc2Cl)C(C#N)=C(N)O3)cc1OC. The monoisotopic (exact) mass is 456 g/mol. The fourth-order valence-corrected chi connectivity index (χ4v) is 4.25. The van der Waals surface area contributed by atoms with E-state index in [1.54, 1.807) is 25.3 Å². The molecule has 0 radical (unpaired) electrons. The van der Waals surface area contributed by atoms with Crippen molar-refractivity contribution >= 4 is 23.2 Å². The topological polar surface area (TPSA) is 106 Å². The Labute approximate surface area is 188 Å². The predicted octanol–water partition coefficient (Wildman–Crippen LogP) is 5.01. The number of benzene rings is 2. The molecule has 2 heterocycles. The second-order valence-electron chi connectivity index (χ2n) is 6.68. The second-order valence-corrected chi connectivity index (χ2v) is 7.49. The largest absolute Gasteiger partial charge is 0.493 e. The molecule has 1 unspecified atom stereocenters. The zero-order valence-corrected chi connectivity index (χ0v) is 18.2. The molecule has 1 aliphatic heterocycles. The normalized spacial score (nSPS) is 15.1. The number of H-pyrrole nitrogens is 1. The van der Waals surface area contributed by atoms with Gasteiger partial charge < -0.3 is 19.9 Å². The van der Waals surface area contributed by atoms with Crippen molar-refractivity contribution in [3.63, 3.8) is 0 Å². The summed E-state index contributed by atoms with van der Waals surface area (Å²) in [5.41, 5.74) is 8.77. The first-order valence-electron chi connectivity index (χ1n) is 9.41. The Morgan fingerprint density at radius 3 is 2.58 bits per heavy atom. The van der Waals surface area contributed by atoms with Gasteiger partial charge >= 0.3 is 0 Å². The molecule has 31 heavy (non-hydrogen) atoms. The third kappa shape index (κ3) is 3.54. The van der Waals surface area contributed by atoms with Crippen LogP contribution in [0.25, 0.3) is 11.3 Å². The summed E-state index contributed by atoms with van der Waals surface area (Å²) in [7, 11) is 1.57. The van der Waals surface area contributed by atoms with Gasteiger partial charge in [-0.05, 0) is 37.3 Å². The minimum Gasteiger partial charge on any atom is -0.493 e. The number of allylic oxidation sites excluding steroid dienone is 1. The van der Waals surface area contributed by atoms with E-state index in [4.69, 9.17) is 43.1 Å². The van der Waals surface area contributed by atoms with Crippen LogP contribution in [0.2, 0.25) is 10.0 Å². The van der Waals surface area contributed by atoms with Crippen LogP contribution in [-0.2, 0) is 0 Å². The van der Waals surface area contributed by atoms with Crippen LogP contribution in [0, 0.1) is 11.3 Å². The fourth-order valence-electron chi connectivity index (χ4n) is 3.64. The summed E-state index contributed by atoms with van der Waals surface area (Å²) in [6, 6.07) is 12.8. The van der Waals surface area contributed by atoms with Crippen LogP contribution in [0.3, 0.4) is 0 Å². The van der Waals surface area contributed by atoms with Crippen molar-refractivity contribution in [3.05, 3.63) is 69.0 Å². The third-order valence-electron chi connectivity index (χ3n) is 4.98. The molecule has 0 saturated heterocycles. The van der Waals surface area contributed by atoms with Crippen LogP contribution < -0.4 is 19.9 Å². The summed E-state index contributed by atoms with van der Waals surface area (Å²) >= 11 is 13.0. The molecule has 7 nitrogen and oxygen atoms in total. The van der Waals surface area contributed by atoms with E-state index in [-0.39, 0.29) is 17.3 Å². The fraction of sp³-hybridized carbons (Fsp3) is 0.182. The standard InChI is InChI=1S/C22H18Cl2N4O3/c1-3-30-15-8-7-11(9-16(15)29-2)20-19-17(18-13(23)5-4-6-14(18)24)12(10-25)21(26)31-22(19)28-27-20/h4-9,17H,3,26H2,1-2H3,(H,27,28). The Balaban J connectivity index is 1.95. The Morgan fingerprint density at radius 1 is 1.19 bits per heavy atom. The van der Waals surface area contributed by atoms with Crippen molar-refractivity contribution in [1.29, 1.82) is 5.26 Å². The molecule has 0 aliphatic carbocycles. The summed E-state index contributed by atoms with van der Waals surface area (Å²) in [4.78, 5) is 0. The Kier molecular flexibility index (Phi) is 5.68. The van der Waals surface area contributed by atoms with Crippen LogP contribution in [-0.4, -0.2) is 23.9 Å². The number of aromatic amines is 1. The van der Waals surface area contributed by atoms with Gasteiger partial charge in [0, 0.05) is 21.2 Å². The highest BCUT2D eigenvalue weighted by Crippen LogP contribution is 2.49. The van der Waals surface area contributed by atoms with E-state index in [0.717, 1.165) is 5.56 Å². The van der Waals surface area contributed by atoms with Crippen molar-refractivity contribution in [3.8, 4) is 34.7 Å². The summed E-state index contributed by atoms with van der Waals surface area (Å²) < 4.78 is 16.7. The van der Waals surface area contributed by atoms with Crippen LogP contribution in [0.15, 0.2) is 47.9 Å². The smallest absolute Gasteiger partial charge is 0.244 e. The van der Waals surface area contributed by atoms with E-state index in [9.17, 15) is 5.26 Å². The summed E-state index contributed by atoms with van der Waals surface area (Å²) in [5.74, 6) is 0.716. The summed E-state index contributed by atoms with van der Waals surface area (Å²) in [6.07, 6.45) is 0. The third-order valence-corrected chi connectivity index (χ3v) is 5.64. The van der Waals surface area contributed by atoms with E-state index in [1.165, 1.54) is 0 Å². The second kappa shape index (κ2) is 8.42. The van der Waals surface area contributed by atoms with Gasteiger partial charge in [-0.25, -0.2) is 0 Å². The molecule has 4 rings (SSSR count). The lowest BCUT2D eigenvalue weighted by Crippen LogP contribution is -2.21. The van der Waals surface area contributed by atoms with E-state index in [0.29, 0.717) is 45.0 Å². The van der Waals surface area contributed by atoms with Gasteiger partial charge in [0.05, 0.1) is 30.9 Å². The highest BCUT2D eigenvalue weighted by atomic mass is 35.5. The number of rotatable bonds is 5. The number of hydrogen-bond donors (Lipinski definition) is 2. The summed E-state index contributed by atoms with van der Waals surface area (Å²) in [5, 5.41) is 17.9. The van der Waals surface area contributed by atoms with Crippen LogP contribution in [0.4, 0.5) is 0 Å². The maximum atomic E-state index is 9.86. The minimum atomic E-state index is -0.665. The first-order valence-corrected chi connectivity index (χ1v) is 10.2. The lowest BCUT2D eigenvalue weighted by molar-refractivity contribution is 0.311. The average Bonchev–Trinajstić information content (AvgIpc) is 3.17. The quantitative estimate of drug-likeness (QED) is 0.558. The van der Waals surface area contributed by atoms with Gasteiger partial charge in [-0.1, -0.05) is 29.3 Å². The van der Waals surface area contributed by atoms with Gasteiger partial charge in [-0.15, -0.1) is 5.10 Å². The molecule has 158 valence electrons. The van der Waals surface area contributed by atoms with E-state index in [2.05, 4.69) is 16.3 Å². The molecule has 0 fully saturated rings. The molecule has 0 amide bonds. The number of ether oxygens (including phenoxy) is 3. The highest BCUT2D eigenvalue weighted by molar-refractivity contribution is 6.36. The lowest BCUT2D eigenvalue weighted by atomic mass is 9.83. The molecule has 0 bridgehead atoms. The maximum Gasteiger partial charge on any atom is 0.244 e. The summed E-state index contributed by atoms with van der Waals surface area (Å²) in [6.45, 7) is 2.40. The number of hydrogen-bond acceptors (Lipinski definition) is 6. The molecule has 1 aromatic heterocycles. The average molecular weight is 457 g/mol. The number of nitrogens with one attached hydrogen (secondary N) is 1. The van der Waals surface area contributed by atoms with E-state index < -0.39 is 5.92 Å². The Morgan fingerprint density at radius 2 is 1.94 bits per heavy atom. The van der Waals surface area contributed by atoms with Gasteiger partial charge in [0.1, 0.15) is 11.6 Å². The number of fused-ring (bicyclic) bond motifs is 1. The number of methoxy groups -OCH3 is 1. The molecule has 2 aromatic carbocycles. The number of nitriles is 1. The van der Waals surface area contributed by atoms with Crippen molar-refractivity contribution in [1.82, 2.24) is 10.2 Å².